The van der Waals surface area contributed by atoms with Gasteiger partial charge in [0.1, 0.15) is 5.76 Å². The summed E-state index contributed by atoms with van der Waals surface area (Å²) in [6, 6.07) is 17.9. The van der Waals surface area contributed by atoms with Gasteiger partial charge >= 0.3 is 0 Å². The van der Waals surface area contributed by atoms with Crippen LogP contribution in [0.1, 0.15) is 11.3 Å². The number of hydrogen-bond donors (Lipinski definition) is 0. The number of hydrogen-bond acceptors (Lipinski definition) is 5. The van der Waals surface area contributed by atoms with Gasteiger partial charge in [0.05, 0.1) is 28.2 Å². The average molecular weight is 439 g/mol. The van der Waals surface area contributed by atoms with E-state index < -0.39 is 0 Å². The van der Waals surface area contributed by atoms with E-state index in [2.05, 4.69) is 0 Å². The Morgan fingerprint density at radius 2 is 1.67 bits per heavy atom. The van der Waals surface area contributed by atoms with Crippen molar-refractivity contribution >= 4 is 52.1 Å². The first kappa shape index (κ1) is 20.3. The third-order valence-corrected chi connectivity index (χ3v) is 6.09. The predicted molar refractivity (Wildman–Crippen MR) is 122 cm³/mol. The second-order valence-electron chi connectivity index (χ2n) is 6.94. The highest BCUT2D eigenvalue weighted by Crippen LogP contribution is 2.40. The highest BCUT2D eigenvalue weighted by Gasteiger charge is 2.40. The molecule has 0 bridgehead atoms. The monoisotopic (exact) mass is 438 g/mol. The molecule has 1 aliphatic rings. The Morgan fingerprint density at radius 1 is 0.967 bits per heavy atom. The second kappa shape index (κ2) is 8.42. The van der Waals surface area contributed by atoms with Crippen molar-refractivity contribution in [3.05, 3.63) is 88.2 Å². The standard InChI is InChI=1S/C23H19ClN2O3S/c1-25(2)17-9-11-18(12-10-17)26-22(27)20(15-5-7-16(24)8-6-15)21(23(26)28)30-14-19-4-3-13-29-19/h3-13H,14H2,1-2H3. The molecule has 0 spiro atoms. The van der Waals surface area contributed by atoms with Crippen LogP contribution in [0.5, 0.6) is 0 Å². The van der Waals surface area contributed by atoms with Gasteiger partial charge in [0.25, 0.3) is 11.8 Å². The van der Waals surface area contributed by atoms with Crippen LogP contribution in [0.25, 0.3) is 5.57 Å². The second-order valence-corrected chi connectivity index (χ2v) is 8.36. The zero-order valence-electron chi connectivity index (χ0n) is 16.5. The molecule has 0 N–H and O–H groups in total. The molecule has 0 atom stereocenters. The van der Waals surface area contributed by atoms with Gasteiger partial charge in [0.15, 0.2) is 0 Å². The van der Waals surface area contributed by atoms with Gasteiger partial charge in [-0.1, -0.05) is 23.7 Å². The van der Waals surface area contributed by atoms with Crippen molar-refractivity contribution in [1.29, 1.82) is 0 Å². The van der Waals surface area contributed by atoms with Crippen molar-refractivity contribution in [1.82, 2.24) is 0 Å². The minimum atomic E-state index is -0.345. The van der Waals surface area contributed by atoms with Gasteiger partial charge in [-0.15, -0.1) is 11.8 Å². The molecule has 0 fully saturated rings. The molecule has 2 aromatic carbocycles. The highest BCUT2D eigenvalue weighted by atomic mass is 35.5. The van der Waals surface area contributed by atoms with Crippen molar-refractivity contribution in [2.75, 3.05) is 23.9 Å². The number of anilines is 2. The summed E-state index contributed by atoms with van der Waals surface area (Å²) in [5.41, 5.74) is 2.56. The molecule has 2 amide bonds. The van der Waals surface area contributed by atoms with Gasteiger partial charge in [-0.2, -0.15) is 0 Å². The fourth-order valence-electron chi connectivity index (χ4n) is 3.19. The molecule has 1 aliphatic heterocycles. The number of nitrogens with zero attached hydrogens (tertiary/aromatic N) is 2. The fraction of sp³-hybridized carbons (Fsp3) is 0.130. The van der Waals surface area contributed by atoms with Crippen LogP contribution in [0.2, 0.25) is 5.02 Å². The van der Waals surface area contributed by atoms with Gasteiger partial charge in [-0.05, 0) is 54.1 Å². The molecule has 30 heavy (non-hydrogen) atoms. The first-order valence-electron chi connectivity index (χ1n) is 9.27. The van der Waals surface area contributed by atoms with E-state index in [1.807, 2.05) is 37.2 Å². The molecular formula is C23H19ClN2O3S. The lowest BCUT2D eigenvalue weighted by Gasteiger charge is -2.17. The summed E-state index contributed by atoms with van der Waals surface area (Å²) < 4.78 is 5.38. The Hall–Kier alpha value is -2.96. The Balaban J connectivity index is 1.71. The lowest BCUT2D eigenvalue weighted by Crippen LogP contribution is -2.31. The molecule has 0 saturated carbocycles. The van der Waals surface area contributed by atoms with E-state index in [0.29, 0.717) is 32.5 Å². The van der Waals surface area contributed by atoms with Crippen molar-refractivity contribution in [2.24, 2.45) is 0 Å². The normalized spacial score (nSPS) is 14.0. The van der Waals surface area contributed by atoms with Gasteiger partial charge < -0.3 is 9.32 Å². The largest absolute Gasteiger partial charge is 0.468 e. The molecular weight excluding hydrogens is 420 g/mol. The first-order valence-corrected chi connectivity index (χ1v) is 10.6. The first-order chi connectivity index (χ1) is 14.5. The lowest BCUT2D eigenvalue weighted by atomic mass is 10.1. The Labute approximate surface area is 183 Å². The summed E-state index contributed by atoms with van der Waals surface area (Å²) >= 11 is 7.31. The topological polar surface area (TPSA) is 53.8 Å². The maximum absolute atomic E-state index is 13.4. The smallest absolute Gasteiger partial charge is 0.272 e. The summed E-state index contributed by atoms with van der Waals surface area (Å²) in [6.45, 7) is 0. The maximum Gasteiger partial charge on any atom is 0.272 e. The summed E-state index contributed by atoms with van der Waals surface area (Å²) in [6.07, 6.45) is 1.59. The third-order valence-electron chi connectivity index (χ3n) is 4.74. The van der Waals surface area contributed by atoms with Gasteiger partial charge in [-0.25, -0.2) is 4.90 Å². The molecule has 0 saturated heterocycles. The molecule has 2 heterocycles. The number of imide groups is 1. The van der Waals surface area contributed by atoms with Crippen LogP contribution in [0.3, 0.4) is 0 Å². The number of amides is 2. The number of carbonyl (C=O) groups is 2. The van der Waals surface area contributed by atoms with Crippen molar-refractivity contribution < 1.29 is 14.0 Å². The Morgan fingerprint density at radius 3 is 2.27 bits per heavy atom. The molecule has 0 radical (unpaired) electrons. The highest BCUT2D eigenvalue weighted by molar-refractivity contribution is 8.03. The Bertz CT molecular complexity index is 1100. The summed E-state index contributed by atoms with van der Waals surface area (Å²) in [5.74, 6) is 0.504. The number of furan rings is 1. The number of benzene rings is 2. The van der Waals surface area contributed by atoms with Crippen LogP contribution >= 0.6 is 23.4 Å². The molecule has 4 rings (SSSR count). The van der Waals surface area contributed by atoms with Gasteiger partial charge in [0.2, 0.25) is 0 Å². The van der Waals surface area contributed by atoms with Crippen molar-refractivity contribution in [3.8, 4) is 0 Å². The van der Waals surface area contributed by atoms with Crippen molar-refractivity contribution in [2.45, 2.75) is 5.75 Å². The van der Waals surface area contributed by atoms with E-state index in [-0.39, 0.29) is 11.8 Å². The van der Waals surface area contributed by atoms with Crippen LogP contribution < -0.4 is 9.80 Å². The van der Waals surface area contributed by atoms with Crippen LogP contribution in [0, 0.1) is 0 Å². The molecule has 1 aromatic heterocycles. The summed E-state index contributed by atoms with van der Waals surface area (Å²) in [4.78, 5) is 30.3. The molecule has 7 heteroatoms. The zero-order chi connectivity index (χ0) is 21.3. The Kier molecular flexibility index (Phi) is 5.70. The maximum atomic E-state index is 13.4. The molecule has 0 aliphatic carbocycles. The van der Waals surface area contributed by atoms with Gasteiger partial charge in [-0.3, -0.25) is 9.59 Å². The quantitative estimate of drug-likeness (QED) is 0.494. The molecule has 3 aromatic rings. The van der Waals surface area contributed by atoms with E-state index in [4.69, 9.17) is 16.0 Å². The van der Waals surface area contributed by atoms with Gasteiger partial charge in [0, 0.05) is 24.8 Å². The SMILES string of the molecule is CN(C)c1ccc(N2C(=O)C(SCc3ccco3)=C(c3ccc(Cl)cc3)C2=O)cc1. The van der Waals surface area contributed by atoms with Crippen LogP contribution in [0.15, 0.2) is 76.2 Å². The third kappa shape index (κ3) is 3.88. The predicted octanol–water partition coefficient (Wildman–Crippen LogP) is 5.22. The van der Waals surface area contributed by atoms with E-state index in [1.165, 1.54) is 16.7 Å². The minimum absolute atomic E-state index is 0.334. The van der Waals surface area contributed by atoms with Crippen molar-refractivity contribution in [3.63, 3.8) is 0 Å². The summed E-state index contributed by atoms with van der Waals surface area (Å²) in [5, 5.41) is 0.567. The number of rotatable bonds is 6. The van der Waals surface area contributed by atoms with E-state index in [0.717, 1.165) is 11.4 Å². The molecule has 5 nitrogen and oxygen atoms in total. The van der Waals surface area contributed by atoms with E-state index in [1.54, 1.807) is 48.7 Å². The van der Waals surface area contributed by atoms with E-state index in [9.17, 15) is 9.59 Å². The van der Waals surface area contributed by atoms with Crippen LogP contribution in [0.4, 0.5) is 11.4 Å². The van der Waals surface area contributed by atoms with Crippen LogP contribution in [-0.4, -0.2) is 25.9 Å². The number of halogens is 1. The van der Waals surface area contributed by atoms with E-state index >= 15 is 0 Å². The molecule has 152 valence electrons. The number of carbonyl (C=O) groups excluding carboxylic acids is 2. The number of thioether (sulfide) groups is 1. The fourth-order valence-corrected chi connectivity index (χ4v) is 4.33. The average Bonchev–Trinajstić information content (AvgIpc) is 3.33. The van der Waals surface area contributed by atoms with Crippen LogP contribution in [-0.2, 0) is 15.3 Å². The molecule has 0 unspecified atom stereocenters. The minimum Gasteiger partial charge on any atom is -0.468 e. The zero-order valence-corrected chi connectivity index (χ0v) is 18.0. The lowest BCUT2D eigenvalue weighted by molar-refractivity contribution is -0.119. The summed E-state index contributed by atoms with van der Waals surface area (Å²) in [7, 11) is 3.87.